The first kappa shape index (κ1) is 21.2. The van der Waals surface area contributed by atoms with Crippen molar-refractivity contribution in [1.29, 1.82) is 0 Å². The van der Waals surface area contributed by atoms with Gasteiger partial charge in [0.2, 0.25) is 15.9 Å². The van der Waals surface area contributed by atoms with Crippen molar-refractivity contribution in [1.82, 2.24) is 8.87 Å². The summed E-state index contributed by atoms with van der Waals surface area (Å²) in [4.78, 5) is 24.2. The number of benzene rings is 2. The van der Waals surface area contributed by atoms with Crippen LogP contribution in [0.4, 0.5) is 14.5 Å². The van der Waals surface area contributed by atoms with Gasteiger partial charge in [-0.3, -0.25) is 9.36 Å². The van der Waals surface area contributed by atoms with Crippen LogP contribution in [-0.4, -0.2) is 36.3 Å². The van der Waals surface area contributed by atoms with E-state index in [2.05, 4.69) is 5.32 Å². The van der Waals surface area contributed by atoms with Crippen molar-refractivity contribution in [3.05, 3.63) is 58.6 Å². The highest BCUT2D eigenvalue weighted by atomic mass is 32.2. The number of halogens is 2. The molecule has 3 aromatic rings. The molecule has 11 heteroatoms. The van der Waals surface area contributed by atoms with Crippen LogP contribution in [0, 0.1) is 17.6 Å². The molecule has 2 heterocycles. The molecule has 1 saturated heterocycles. The summed E-state index contributed by atoms with van der Waals surface area (Å²) in [6.07, 6.45) is 0.860. The van der Waals surface area contributed by atoms with Gasteiger partial charge in [0.15, 0.2) is 5.58 Å². The Labute approximate surface area is 176 Å². The summed E-state index contributed by atoms with van der Waals surface area (Å²) in [5.41, 5.74) is 0.434. The third-order valence-electron chi connectivity index (χ3n) is 5.35. The van der Waals surface area contributed by atoms with Crippen LogP contribution >= 0.6 is 0 Å². The van der Waals surface area contributed by atoms with Gasteiger partial charge in [-0.25, -0.2) is 22.0 Å². The summed E-state index contributed by atoms with van der Waals surface area (Å²) in [5, 5.41) is 2.40. The number of piperidine rings is 1. The van der Waals surface area contributed by atoms with Gasteiger partial charge in [-0.15, -0.1) is 0 Å². The van der Waals surface area contributed by atoms with Gasteiger partial charge in [0.05, 0.1) is 22.0 Å². The Hall–Kier alpha value is -3.05. The molecule has 4 rings (SSSR count). The van der Waals surface area contributed by atoms with Crippen molar-refractivity contribution in [2.75, 3.05) is 18.4 Å². The topological polar surface area (TPSA) is 102 Å². The van der Waals surface area contributed by atoms with E-state index in [0.717, 1.165) is 12.1 Å². The molecule has 1 aliphatic rings. The first-order chi connectivity index (χ1) is 14.7. The van der Waals surface area contributed by atoms with Crippen LogP contribution in [0.5, 0.6) is 0 Å². The van der Waals surface area contributed by atoms with Crippen molar-refractivity contribution in [2.45, 2.75) is 17.7 Å². The van der Waals surface area contributed by atoms with E-state index in [9.17, 15) is 26.8 Å². The maximum Gasteiger partial charge on any atom is 0.419 e. The quantitative estimate of drug-likeness (QED) is 0.657. The zero-order valence-corrected chi connectivity index (χ0v) is 17.3. The van der Waals surface area contributed by atoms with E-state index in [1.54, 1.807) is 0 Å². The van der Waals surface area contributed by atoms with Crippen LogP contribution in [0.25, 0.3) is 11.1 Å². The predicted octanol–water partition coefficient (Wildman–Crippen LogP) is 2.45. The lowest BCUT2D eigenvalue weighted by atomic mass is 9.98. The van der Waals surface area contributed by atoms with Crippen LogP contribution in [0.2, 0.25) is 0 Å². The molecule has 1 fully saturated rings. The standard InChI is InChI=1S/C20H19F2N3O5S/c1-24-17-7-5-14(10-18(17)30-20(24)27)31(28,29)25-8-2-3-12(11-25)19(26)23-16-6-4-13(21)9-15(16)22/h4-7,9-10,12H,2-3,8,11H2,1H3,(H,23,26)/t12-/m0/s1. The Balaban J connectivity index is 1.54. The molecule has 0 aliphatic carbocycles. The Morgan fingerprint density at radius 1 is 1.19 bits per heavy atom. The third-order valence-corrected chi connectivity index (χ3v) is 7.21. The predicted molar refractivity (Wildman–Crippen MR) is 108 cm³/mol. The van der Waals surface area contributed by atoms with Gasteiger partial charge < -0.3 is 9.73 Å². The second-order valence-electron chi connectivity index (χ2n) is 7.37. The van der Waals surface area contributed by atoms with E-state index < -0.39 is 39.2 Å². The van der Waals surface area contributed by atoms with Gasteiger partial charge in [-0.1, -0.05) is 0 Å². The number of nitrogens with zero attached hydrogens (tertiary/aromatic N) is 2. The van der Waals surface area contributed by atoms with E-state index in [-0.39, 0.29) is 29.3 Å². The zero-order chi connectivity index (χ0) is 22.3. The number of aromatic nitrogens is 1. The van der Waals surface area contributed by atoms with Gasteiger partial charge in [0, 0.05) is 32.3 Å². The Morgan fingerprint density at radius 2 is 1.97 bits per heavy atom. The van der Waals surface area contributed by atoms with E-state index in [4.69, 9.17) is 4.42 Å². The number of hydrogen-bond donors (Lipinski definition) is 1. The molecule has 1 aromatic heterocycles. The lowest BCUT2D eigenvalue weighted by Gasteiger charge is -2.31. The molecule has 0 spiro atoms. The SMILES string of the molecule is Cn1c(=O)oc2cc(S(=O)(=O)N3CCC[C@H](C(=O)Nc4ccc(F)cc4F)C3)ccc21. The fraction of sp³-hybridized carbons (Fsp3) is 0.300. The molecule has 0 saturated carbocycles. The Bertz CT molecular complexity index is 1330. The summed E-state index contributed by atoms with van der Waals surface area (Å²) in [7, 11) is -2.44. The van der Waals surface area contributed by atoms with Crippen molar-refractivity contribution in [3.8, 4) is 0 Å². The van der Waals surface area contributed by atoms with Crippen molar-refractivity contribution in [2.24, 2.45) is 13.0 Å². The molecule has 164 valence electrons. The number of amides is 1. The summed E-state index contributed by atoms with van der Waals surface area (Å²) in [5.74, 6) is -3.53. The molecule has 1 atom stereocenters. The molecule has 2 aromatic carbocycles. The summed E-state index contributed by atoms with van der Waals surface area (Å²) in [6, 6.07) is 6.94. The van der Waals surface area contributed by atoms with Gasteiger partial charge in [-0.05, 0) is 37.1 Å². The molecule has 1 aliphatic heterocycles. The number of fused-ring (bicyclic) bond motifs is 1. The number of carbonyl (C=O) groups excluding carboxylic acids is 1. The van der Waals surface area contributed by atoms with Gasteiger partial charge in [0.1, 0.15) is 11.6 Å². The van der Waals surface area contributed by atoms with Crippen LogP contribution < -0.4 is 11.1 Å². The second kappa shape index (κ2) is 7.89. The van der Waals surface area contributed by atoms with Crippen molar-refractivity contribution in [3.63, 3.8) is 0 Å². The van der Waals surface area contributed by atoms with Crippen LogP contribution in [0.15, 0.2) is 50.5 Å². The number of hydrogen-bond acceptors (Lipinski definition) is 5. The lowest BCUT2D eigenvalue weighted by molar-refractivity contribution is -0.120. The lowest BCUT2D eigenvalue weighted by Crippen LogP contribution is -2.43. The molecular weight excluding hydrogens is 432 g/mol. The summed E-state index contributed by atoms with van der Waals surface area (Å²) < 4.78 is 60.6. The molecule has 0 unspecified atom stereocenters. The normalized spacial score (nSPS) is 17.7. The van der Waals surface area contributed by atoms with E-state index in [1.807, 2.05) is 0 Å². The smallest absolute Gasteiger partial charge is 0.408 e. The monoisotopic (exact) mass is 451 g/mol. The summed E-state index contributed by atoms with van der Waals surface area (Å²) in [6.45, 7) is 0.127. The van der Waals surface area contributed by atoms with E-state index >= 15 is 0 Å². The largest absolute Gasteiger partial charge is 0.419 e. The molecule has 1 amide bonds. The molecule has 0 radical (unpaired) electrons. The van der Waals surface area contributed by atoms with Crippen molar-refractivity contribution < 1.29 is 26.4 Å². The number of rotatable bonds is 4. The average Bonchev–Trinajstić information content (AvgIpc) is 3.03. The Morgan fingerprint density at radius 3 is 2.71 bits per heavy atom. The molecule has 31 heavy (non-hydrogen) atoms. The summed E-state index contributed by atoms with van der Waals surface area (Å²) >= 11 is 0. The molecule has 1 N–H and O–H groups in total. The number of aryl methyl sites for hydroxylation is 1. The number of carbonyl (C=O) groups is 1. The number of sulfonamides is 1. The van der Waals surface area contributed by atoms with Crippen LogP contribution in [-0.2, 0) is 21.9 Å². The van der Waals surface area contributed by atoms with Crippen LogP contribution in [0.3, 0.4) is 0 Å². The van der Waals surface area contributed by atoms with Gasteiger partial charge in [0.25, 0.3) is 0 Å². The molecule has 0 bridgehead atoms. The maximum atomic E-state index is 13.8. The van der Waals surface area contributed by atoms with E-state index in [1.165, 1.54) is 34.1 Å². The molecular formula is C20H19F2N3O5S. The minimum atomic E-state index is -3.95. The van der Waals surface area contributed by atoms with Gasteiger partial charge >= 0.3 is 5.76 Å². The fourth-order valence-electron chi connectivity index (χ4n) is 3.62. The number of oxazole rings is 1. The maximum absolute atomic E-state index is 13.8. The Kier molecular flexibility index (Phi) is 5.40. The zero-order valence-electron chi connectivity index (χ0n) is 16.5. The highest BCUT2D eigenvalue weighted by molar-refractivity contribution is 7.89. The minimum absolute atomic E-state index is 0.0556. The highest BCUT2D eigenvalue weighted by Gasteiger charge is 2.34. The fourth-order valence-corrected chi connectivity index (χ4v) is 5.16. The average molecular weight is 451 g/mol. The minimum Gasteiger partial charge on any atom is -0.408 e. The first-order valence-corrected chi connectivity index (χ1v) is 11.0. The first-order valence-electron chi connectivity index (χ1n) is 9.52. The molecule has 8 nitrogen and oxygen atoms in total. The van der Waals surface area contributed by atoms with Crippen molar-refractivity contribution >= 4 is 32.7 Å². The van der Waals surface area contributed by atoms with Gasteiger partial charge in [-0.2, -0.15) is 4.31 Å². The highest BCUT2D eigenvalue weighted by Crippen LogP contribution is 2.27. The number of anilines is 1. The van der Waals surface area contributed by atoms with E-state index in [0.29, 0.717) is 24.4 Å². The number of nitrogens with one attached hydrogen (secondary N) is 1. The van der Waals surface area contributed by atoms with Crippen LogP contribution in [0.1, 0.15) is 12.8 Å². The third kappa shape index (κ3) is 3.98. The second-order valence-corrected chi connectivity index (χ2v) is 9.31.